The van der Waals surface area contributed by atoms with Crippen LogP contribution in [0.3, 0.4) is 0 Å². The topological polar surface area (TPSA) is 94.0 Å². The molecule has 1 atom stereocenters. The lowest BCUT2D eigenvalue weighted by atomic mass is 10.2. The second-order valence-corrected chi connectivity index (χ2v) is 5.70. The standard InChI is InChI=1S/C10H11BrN4O2S/c11-6-1-8(18-5-6)4-15-3-7(13-14-15)2-9(12)10(16)17/h1,3,5,9H,2,4,12H2,(H,16,17). The van der Waals surface area contributed by atoms with Crippen LogP contribution in [-0.2, 0) is 17.8 Å². The third-order valence-electron chi connectivity index (χ3n) is 2.27. The SMILES string of the molecule is NC(Cc1cn(Cc2cc(Br)cs2)nn1)C(=O)O. The van der Waals surface area contributed by atoms with E-state index in [1.807, 2.05) is 11.4 Å². The number of carboxylic acids is 1. The summed E-state index contributed by atoms with van der Waals surface area (Å²) in [7, 11) is 0. The number of aliphatic carboxylic acids is 1. The predicted molar refractivity (Wildman–Crippen MR) is 70.5 cm³/mol. The Morgan fingerprint density at radius 1 is 1.67 bits per heavy atom. The molecule has 0 spiro atoms. The van der Waals surface area contributed by atoms with Crippen molar-refractivity contribution in [2.75, 3.05) is 0 Å². The van der Waals surface area contributed by atoms with E-state index in [0.717, 1.165) is 9.35 Å². The Bertz CT molecular complexity index is 554. The molecule has 2 aromatic heterocycles. The Hall–Kier alpha value is -1.25. The van der Waals surface area contributed by atoms with Gasteiger partial charge in [-0.3, -0.25) is 4.79 Å². The molecule has 18 heavy (non-hydrogen) atoms. The van der Waals surface area contributed by atoms with Crippen LogP contribution in [0.15, 0.2) is 22.1 Å². The van der Waals surface area contributed by atoms with Gasteiger partial charge in [-0.2, -0.15) is 0 Å². The maximum absolute atomic E-state index is 10.6. The molecule has 0 amide bonds. The highest BCUT2D eigenvalue weighted by Crippen LogP contribution is 2.20. The summed E-state index contributed by atoms with van der Waals surface area (Å²) in [5, 5.41) is 18.5. The fraction of sp³-hybridized carbons (Fsp3) is 0.300. The smallest absolute Gasteiger partial charge is 0.320 e. The highest BCUT2D eigenvalue weighted by atomic mass is 79.9. The number of carboxylic acid groups (broad SMARTS) is 1. The van der Waals surface area contributed by atoms with Gasteiger partial charge in [0, 0.05) is 27.3 Å². The van der Waals surface area contributed by atoms with Crippen LogP contribution in [0, 0.1) is 0 Å². The van der Waals surface area contributed by atoms with E-state index in [9.17, 15) is 4.79 Å². The second kappa shape index (κ2) is 5.59. The Labute approximate surface area is 116 Å². The number of aromatic nitrogens is 3. The maximum atomic E-state index is 10.6. The summed E-state index contributed by atoms with van der Waals surface area (Å²) < 4.78 is 2.71. The van der Waals surface area contributed by atoms with E-state index in [1.54, 1.807) is 22.2 Å². The van der Waals surface area contributed by atoms with Gasteiger partial charge in [0.05, 0.1) is 12.2 Å². The molecule has 96 valence electrons. The van der Waals surface area contributed by atoms with Gasteiger partial charge >= 0.3 is 5.97 Å². The number of hydrogen-bond acceptors (Lipinski definition) is 5. The van der Waals surface area contributed by atoms with Crippen LogP contribution in [-0.4, -0.2) is 32.1 Å². The molecule has 0 aliphatic heterocycles. The van der Waals surface area contributed by atoms with E-state index in [4.69, 9.17) is 10.8 Å². The van der Waals surface area contributed by atoms with Crippen LogP contribution in [0.1, 0.15) is 10.6 Å². The van der Waals surface area contributed by atoms with Gasteiger partial charge in [-0.1, -0.05) is 5.21 Å². The van der Waals surface area contributed by atoms with Crippen molar-refractivity contribution >= 4 is 33.2 Å². The summed E-state index contributed by atoms with van der Waals surface area (Å²) in [5.41, 5.74) is 6.02. The molecule has 8 heteroatoms. The highest BCUT2D eigenvalue weighted by molar-refractivity contribution is 9.10. The fourth-order valence-corrected chi connectivity index (χ4v) is 2.86. The number of thiophene rings is 1. The maximum Gasteiger partial charge on any atom is 0.320 e. The van der Waals surface area contributed by atoms with Crippen molar-refractivity contribution in [2.24, 2.45) is 5.73 Å². The van der Waals surface area contributed by atoms with Crippen LogP contribution in [0.2, 0.25) is 0 Å². The summed E-state index contributed by atoms with van der Waals surface area (Å²) in [5.74, 6) is -1.04. The molecule has 0 saturated heterocycles. The van der Waals surface area contributed by atoms with Crippen molar-refractivity contribution in [1.82, 2.24) is 15.0 Å². The van der Waals surface area contributed by atoms with Crippen LogP contribution in [0.25, 0.3) is 0 Å². The van der Waals surface area contributed by atoms with Gasteiger partial charge in [0.25, 0.3) is 0 Å². The molecule has 0 bridgehead atoms. The van der Waals surface area contributed by atoms with Gasteiger partial charge in [-0.05, 0) is 22.0 Å². The molecular formula is C10H11BrN4O2S. The van der Waals surface area contributed by atoms with E-state index < -0.39 is 12.0 Å². The van der Waals surface area contributed by atoms with Crippen LogP contribution in [0.5, 0.6) is 0 Å². The lowest BCUT2D eigenvalue weighted by Crippen LogP contribution is -2.32. The molecule has 3 N–H and O–H groups in total. The average molecular weight is 331 g/mol. The van der Waals surface area contributed by atoms with Gasteiger partial charge in [-0.15, -0.1) is 16.4 Å². The third-order valence-corrected chi connectivity index (χ3v) is 3.95. The number of carbonyl (C=O) groups is 1. The first-order valence-corrected chi connectivity index (χ1v) is 6.82. The summed E-state index contributed by atoms with van der Waals surface area (Å²) in [4.78, 5) is 11.8. The lowest BCUT2D eigenvalue weighted by molar-refractivity contribution is -0.138. The fourth-order valence-electron chi connectivity index (χ4n) is 1.42. The number of rotatable bonds is 5. The molecule has 1 unspecified atom stereocenters. The van der Waals surface area contributed by atoms with E-state index >= 15 is 0 Å². The normalized spacial score (nSPS) is 12.6. The van der Waals surface area contributed by atoms with Gasteiger partial charge in [-0.25, -0.2) is 4.68 Å². The minimum atomic E-state index is -1.04. The number of nitrogens with two attached hydrogens (primary N) is 1. The van der Waals surface area contributed by atoms with E-state index in [1.165, 1.54) is 0 Å². The zero-order chi connectivity index (χ0) is 13.1. The van der Waals surface area contributed by atoms with Crippen molar-refractivity contribution in [1.29, 1.82) is 0 Å². The largest absolute Gasteiger partial charge is 0.480 e. The molecule has 2 aromatic rings. The zero-order valence-corrected chi connectivity index (χ0v) is 11.7. The van der Waals surface area contributed by atoms with Crippen LogP contribution < -0.4 is 5.73 Å². The highest BCUT2D eigenvalue weighted by Gasteiger charge is 2.14. The van der Waals surface area contributed by atoms with Gasteiger partial charge < -0.3 is 10.8 Å². The van der Waals surface area contributed by atoms with E-state index in [0.29, 0.717) is 12.2 Å². The van der Waals surface area contributed by atoms with E-state index in [-0.39, 0.29) is 6.42 Å². The predicted octanol–water partition coefficient (Wildman–Crippen LogP) is 1.10. The van der Waals surface area contributed by atoms with Gasteiger partial charge in [0.15, 0.2) is 0 Å². The minimum absolute atomic E-state index is 0.184. The molecular weight excluding hydrogens is 320 g/mol. The van der Waals surface area contributed by atoms with Crippen LogP contribution in [0.4, 0.5) is 0 Å². The quantitative estimate of drug-likeness (QED) is 0.856. The summed E-state index contributed by atoms with van der Waals surface area (Å²) in [6, 6.07) is 1.07. The van der Waals surface area contributed by atoms with Crippen LogP contribution >= 0.6 is 27.3 Å². The number of hydrogen-bond donors (Lipinski definition) is 2. The molecule has 0 aliphatic rings. The number of halogens is 1. The Balaban J connectivity index is 2.00. The monoisotopic (exact) mass is 330 g/mol. The van der Waals surface area contributed by atoms with E-state index in [2.05, 4.69) is 26.2 Å². The molecule has 6 nitrogen and oxygen atoms in total. The minimum Gasteiger partial charge on any atom is -0.480 e. The zero-order valence-electron chi connectivity index (χ0n) is 9.28. The molecule has 0 saturated carbocycles. The van der Waals surface area contributed by atoms with Crippen molar-refractivity contribution in [3.05, 3.63) is 32.7 Å². The number of nitrogens with zero attached hydrogens (tertiary/aromatic N) is 3. The Kier molecular flexibility index (Phi) is 4.10. The summed E-state index contributed by atoms with van der Waals surface area (Å²) >= 11 is 5.00. The van der Waals surface area contributed by atoms with Gasteiger partial charge in [0.1, 0.15) is 6.04 Å². The molecule has 0 fully saturated rings. The first-order valence-electron chi connectivity index (χ1n) is 5.15. The first kappa shape index (κ1) is 13.2. The Morgan fingerprint density at radius 3 is 3.06 bits per heavy atom. The third kappa shape index (κ3) is 3.37. The molecule has 2 rings (SSSR count). The van der Waals surface area contributed by atoms with Crippen molar-refractivity contribution in [3.63, 3.8) is 0 Å². The lowest BCUT2D eigenvalue weighted by Gasteiger charge is -2.01. The molecule has 0 radical (unpaired) electrons. The van der Waals surface area contributed by atoms with Gasteiger partial charge in [0.2, 0.25) is 0 Å². The molecule has 2 heterocycles. The molecule has 0 aromatic carbocycles. The van der Waals surface area contributed by atoms with Crippen molar-refractivity contribution in [2.45, 2.75) is 19.0 Å². The van der Waals surface area contributed by atoms with Crippen molar-refractivity contribution in [3.8, 4) is 0 Å². The molecule has 0 aliphatic carbocycles. The second-order valence-electron chi connectivity index (χ2n) is 3.79. The first-order chi connectivity index (χ1) is 8.54. The average Bonchev–Trinajstić information content (AvgIpc) is 2.89. The Morgan fingerprint density at radius 2 is 2.44 bits per heavy atom. The summed E-state index contributed by atoms with van der Waals surface area (Å²) in [6.45, 7) is 0.617. The van der Waals surface area contributed by atoms with Crippen molar-refractivity contribution < 1.29 is 9.90 Å². The summed E-state index contributed by atoms with van der Waals surface area (Å²) in [6.07, 6.45) is 1.90.